The molecule has 0 aromatic heterocycles. The molecule has 0 aliphatic carbocycles. The van der Waals surface area contributed by atoms with Gasteiger partial charge in [0.05, 0.1) is 6.10 Å². The summed E-state index contributed by atoms with van der Waals surface area (Å²) in [6.45, 7) is 3.60. The van der Waals surface area contributed by atoms with Crippen LogP contribution in [0.25, 0.3) is 0 Å². The quantitative estimate of drug-likeness (QED) is 0.489. The number of hydrogen-bond donors (Lipinski definition) is 3. The molecule has 0 aromatic carbocycles. The van der Waals surface area contributed by atoms with E-state index in [4.69, 9.17) is 5.11 Å². The fourth-order valence-corrected chi connectivity index (χ4v) is 1.12. The Bertz CT molecular complexity index is 150. The predicted octanol–water partition coefficient (Wildman–Crippen LogP) is 0.992. The van der Waals surface area contributed by atoms with Gasteiger partial charge in [-0.1, -0.05) is 6.92 Å². The zero-order valence-corrected chi connectivity index (χ0v) is 8.83. The maximum atomic E-state index is 10.2. The normalized spacial score (nSPS) is 12.7. The molecule has 0 radical (unpaired) electrons. The zero-order valence-electron chi connectivity index (χ0n) is 8.83. The van der Waals surface area contributed by atoms with Crippen molar-refractivity contribution in [2.45, 2.75) is 45.1 Å². The molecule has 3 N–H and O–H groups in total. The molecule has 4 nitrogen and oxygen atoms in total. The van der Waals surface area contributed by atoms with Crippen LogP contribution >= 0.6 is 0 Å². The molecule has 4 heteroatoms. The second-order valence-electron chi connectivity index (χ2n) is 3.45. The topological polar surface area (TPSA) is 69.6 Å². The molecule has 0 rings (SSSR count). The molecule has 0 heterocycles. The van der Waals surface area contributed by atoms with Crippen molar-refractivity contribution in [2.24, 2.45) is 0 Å². The molecular formula is C10H21NO3. The van der Waals surface area contributed by atoms with E-state index in [0.717, 1.165) is 38.8 Å². The SMILES string of the molecule is CCC(O)CCNCCCCC(=O)O. The van der Waals surface area contributed by atoms with Crippen molar-refractivity contribution in [3.05, 3.63) is 0 Å². The van der Waals surface area contributed by atoms with E-state index in [0.29, 0.717) is 0 Å². The van der Waals surface area contributed by atoms with Gasteiger partial charge < -0.3 is 15.5 Å². The average molecular weight is 203 g/mol. The summed E-state index contributed by atoms with van der Waals surface area (Å²) >= 11 is 0. The first-order chi connectivity index (χ1) is 6.66. The van der Waals surface area contributed by atoms with Crippen LogP contribution < -0.4 is 5.32 Å². The van der Waals surface area contributed by atoms with Crippen LogP contribution in [-0.2, 0) is 4.79 Å². The zero-order chi connectivity index (χ0) is 10.8. The van der Waals surface area contributed by atoms with Gasteiger partial charge in [-0.05, 0) is 38.8 Å². The molecule has 0 aliphatic heterocycles. The van der Waals surface area contributed by atoms with Crippen LogP contribution in [0.2, 0.25) is 0 Å². The molecule has 1 atom stereocenters. The molecule has 84 valence electrons. The Balaban J connectivity index is 3.02. The molecule has 0 bridgehead atoms. The Morgan fingerprint density at radius 2 is 2.07 bits per heavy atom. The van der Waals surface area contributed by atoms with Gasteiger partial charge in [-0.25, -0.2) is 0 Å². The highest BCUT2D eigenvalue weighted by molar-refractivity contribution is 5.66. The maximum absolute atomic E-state index is 10.2. The number of carboxylic acids is 1. The smallest absolute Gasteiger partial charge is 0.303 e. The Labute approximate surface area is 85.3 Å². The lowest BCUT2D eigenvalue weighted by atomic mass is 10.2. The maximum Gasteiger partial charge on any atom is 0.303 e. The minimum Gasteiger partial charge on any atom is -0.481 e. The number of hydrogen-bond acceptors (Lipinski definition) is 3. The minimum absolute atomic E-state index is 0.207. The van der Waals surface area contributed by atoms with E-state index in [-0.39, 0.29) is 12.5 Å². The lowest BCUT2D eigenvalue weighted by molar-refractivity contribution is -0.137. The number of aliphatic hydroxyl groups is 1. The number of carboxylic acid groups (broad SMARTS) is 1. The van der Waals surface area contributed by atoms with E-state index in [1.807, 2.05) is 6.92 Å². The Kier molecular flexibility index (Phi) is 8.57. The van der Waals surface area contributed by atoms with Gasteiger partial charge in [-0.3, -0.25) is 4.79 Å². The summed E-state index contributed by atoms with van der Waals surface area (Å²) < 4.78 is 0. The van der Waals surface area contributed by atoms with Crippen molar-refractivity contribution in [1.29, 1.82) is 0 Å². The van der Waals surface area contributed by atoms with Crippen molar-refractivity contribution in [3.8, 4) is 0 Å². The van der Waals surface area contributed by atoms with Crippen molar-refractivity contribution in [1.82, 2.24) is 5.32 Å². The molecule has 0 saturated carbocycles. The first kappa shape index (κ1) is 13.4. The first-order valence-corrected chi connectivity index (χ1v) is 5.27. The van der Waals surface area contributed by atoms with E-state index in [2.05, 4.69) is 5.32 Å². The molecule has 1 unspecified atom stereocenters. The highest BCUT2D eigenvalue weighted by atomic mass is 16.4. The van der Waals surface area contributed by atoms with Crippen molar-refractivity contribution >= 4 is 5.97 Å². The molecule has 0 aromatic rings. The number of unbranched alkanes of at least 4 members (excludes halogenated alkanes) is 1. The number of carbonyl (C=O) groups is 1. The standard InChI is InChI=1S/C10H21NO3/c1-2-9(12)6-8-11-7-4-3-5-10(13)14/h9,11-12H,2-8H2,1H3,(H,13,14). The van der Waals surface area contributed by atoms with Crippen LogP contribution in [0.15, 0.2) is 0 Å². The van der Waals surface area contributed by atoms with E-state index >= 15 is 0 Å². The Morgan fingerprint density at radius 3 is 2.64 bits per heavy atom. The van der Waals surface area contributed by atoms with Crippen molar-refractivity contribution in [2.75, 3.05) is 13.1 Å². The Morgan fingerprint density at radius 1 is 1.36 bits per heavy atom. The van der Waals surface area contributed by atoms with Gasteiger partial charge in [0.15, 0.2) is 0 Å². The van der Waals surface area contributed by atoms with Gasteiger partial charge in [0.2, 0.25) is 0 Å². The molecule has 0 aliphatic rings. The molecule has 0 amide bonds. The third-order valence-electron chi connectivity index (χ3n) is 2.12. The average Bonchev–Trinajstić information content (AvgIpc) is 2.15. The van der Waals surface area contributed by atoms with Crippen LogP contribution in [0, 0.1) is 0 Å². The molecule has 0 saturated heterocycles. The van der Waals surface area contributed by atoms with Crippen LogP contribution in [0.1, 0.15) is 39.0 Å². The van der Waals surface area contributed by atoms with Crippen molar-refractivity contribution < 1.29 is 15.0 Å². The second-order valence-corrected chi connectivity index (χ2v) is 3.45. The van der Waals surface area contributed by atoms with Crippen LogP contribution in [0.5, 0.6) is 0 Å². The lowest BCUT2D eigenvalue weighted by Crippen LogP contribution is -2.21. The number of rotatable bonds is 9. The van der Waals surface area contributed by atoms with E-state index in [9.17, 15) is 9.90 Å². The van der Waals surface area contributed by atoms with Gasteiger partial charge in [0.1, 0.15) is 0 Å². The van der Waals surface area contributed by atoms with Gasteiger partial charge in [0, 0.05) is 6.42 Å². The van der Waals surface area contributed by atoms with Crippen LogP contribution in [0.3, 0.4) is 0 Å². The molecule has 0 spiro atoms. The van der Waals surface area contributed by atoms with Crippen molar-refractivity contribution in [3.63, 3.8) is 0 Å². The van der Waals surface area contributed by atoms with Gasteiger partial charge in [0.25, 0.3) is 0 Å². The Hall–Kier alpha value is -0.610. The van der Waals surface area contributed by atoms with Crippen LogP contribution in [-0.4, -0.2) is 35.4 Å². The van der Waals surface area contributed by atoms with Gasteiger partial charge in [-0.15, -0.1) is 0 Å². The summed E-state index contributed by atoms with van der Waals surface area (Å²) in [5.74, 6) is -0.730. The number of nitrogens with one attached hydrogen (secondary N) is 1. The van der Waals surface area contributed by atoms with Crippen LogP contribution in [0.4, 0.5) is 0 Å². The molecule has 14 heavy (non-hydrogen) atoms. The van der Waals surface area contributed by atoms with Gasteiger partial charge >= 0.3 is 5.97 Å². The summed E-state index contributed by atoms with van der Waals surface area (Å²) in [6, 6.07) is 0. The largest absolute Gasteiger partial charge is 0.481 e. The van der Waals surface area contributed by atoms with E-state index in [1.165, 1.54) is 0 Å². The lowest BCUT2D eigenvalue weighted by Gasteiger charge is -2.08. The minimum atomic E-state index is -0.730. The van der Waals surface area contributed by atoms with E-state index < -0.39 is 5.97 Å². The first-order valence-electron chi connectivity index (χ1n) is 5.27. The third kappa shape index (κ3) is 9.48. The third-order valence-corrected chi connectivity index (χ3v) is 2.12. The van der Waals surface area contributed by atoms with E-state index in [1.54, 1.807) is 0 Å². The summed E-state index contributed by atoms with van der Waals surface area (Å²) in [6.07, 6.45) is 3.21. The monoisotopic (exact) mass is 203 g/mol. The fraction of sp³-hybridized carbons (Fsp3) is 0.900. The summed E-state index contributed by atoms with van der Waals surface area (Å²) in [4.78, 5) is 10.2. The summed E-state index contributed by atoms with van der Waals surface area (Å²) in [7, 11) is 0. The number of aliphatic hydroxyl groups excluding tert-OH is 1. The molecule has 0 fully saturated rings. The fourth-order valence-electron chi connectivity index (χ4n) is 1.12. The predicted molar refractivity (Wildman–Crippen MR) is 55.3 cm³/mol. The number of aliphatic carboxylic acids is 1. The molecular weight excluding hydrogens is 182 g/mol. The highest BCUT2D eigenvalue weighted by Crippen LogP contribution is 1.96. The summed E-state index contributed by atoms with van der Waals surface area (Å²) in [5.41, 5.74) is 0. The highest BCUT2D eigenvalue weighted by Gasteiger charge is 1.99. The second kappa shape index (κ2) is 8.97. The van der Waals surface area contributed by atoms with Gasteiger partial charge in [-0.2, -0.15) is 0 Å². The summed E-state index contributed by atoms with van der Waals surface area (Å²) in [5, 5.41) is 20.8.